The summed E-state index contributed by atoms with van der Waals surface area (Å²) in [6, 6.07) is 0.678. The van der Waals surface area contributed by atoms with Gasteiger partial charge in [-0.2, -0.15) is 0 Å². The Kier molecular flexibility index (Phi) is 16.9. The number of isocyanates is 2. The van der Waals surface area contributed by atoms with Crippen LogP contribution in [-0.2, 0) is 18.0 Å². The lowest BCUT2D eigenvalue weighted by molar-refractivity contribution is 0.187. The molecule has 4 aliphatic carbocycles. The van der Waals surface area contributed by atoms with Gasteiger partial charge < -0.3 is 19.0 Å². The second-order valence-corrected chi connectivity index (χ2v) is 23.0. The standard InChI is InChI=1S/C30H47BIN4O6PS2/c32-43(45-42-30(40)36-28-15-7-24(8-16-28)18-22-3-11-26(12-4-22)34-20-38)31-44-41-29(39)35-27-13-5-23(6-14-27)17-21-1-9-25(10-2-21)33-19-37/h21-28,31H,1-18H2,(H,35,39)(H,36,40). The van der Waals surface area contributed by atoms with Crippen molar-refractivity contribution in [2.75, 3.05) is 0 Å². The van der Waals surface area contributed by atoms with Gasteiger partial charge in [0.25, 0.3) is 0 Å². The molecule has 0 saturated heterocycles. The molecule has 0 heterocycles. The van der Waals surface area contributed by atoms with Crippen molar-refractivity contribution in [3.05, 3.63) is 0 Å². The number of hydrogen-bond donors (Lipinski definition) is 2. The van der Waals surface area contributed by atoms with E-state index in [0.717, 1.165) is 138 Å². The van der Waals surface area contributed by atoms with Crippen molar-refractivity contribution in [2.24, 2.45) is 33.7 Å². The van der Waals surface area contributed by atoms with Crippen LogP contribution >= 0.6 is 50.2 Å². The fraction of sp³-hybridized carbons (Fsp3) is 0.867. The van der Waals surface area contributed by atoms with Crippen LogP contribution in [0.3, 0.4) is 0 Å². The van der Waals surface area contributed by atoms with E-state index in [4.69, 9.17) is 8.37 Å². The quantitative estimate of drug-likeness (QED) is 0.0474. The van der Waals surface area contributed by atoms with Crippen LogP contribution in [0.2, 0.25) is 0 Å². The predicted octanol–water partition coefficient (Wildman–Crippen LogP) is 8.44. The van der Waals surface area contributed by atoms with Gasteiger partial charge in [0, 0.05) is 28.6 Å². The van der Waals surface area contributed by atoms with E-state index < -0.39 is 10.7 Å². The number of nitrogens with zero attached hydrogens (tertiary/aromatic N) is 2. The summed E-state index contributed by atoms with van der Waals surface area (Å²) >= 11 is 4.53. The minimum absolute atomic E-state index is 0.161. The molecule has 0 aromatic rings. The highest BCUT2D eigenvalue weighted by molar-refractivity contribution is 14.2. The van der Waals surface area contributed by atoms with E-state index in [-0.39, 0.29) is 30.3 Å². The Labute approximate surface area is 290 Å². The summed E-state index contributed by atoms with van der Waals surface area (Å²) in [5.41, 5.74) is 0. The van der Waals surface area contributed by atoms with E-state index in [0.29, 0.717) is 18.1 Å². The maximum Gasteiger partial charge on any atom is 0.419 e. The maximum absolute atomic E-state index is 12.4. The molecule has 2 N–H and O–H groups in total. The van der Waals surface area contributed by atoms with Crippen molar-refractivity contribution >= 4 is 80.9 Å². The zero-order valence-corrected chi connectivity index (χ0v) is 30.7. The topological polar surface area (TPSA) is 136 Å². The summed E-state index contributed by atoms with van der Waals surface area (Å²) in [4.78, 5) is 53.5. The average molecular weight is 793 g/mol. The number of halogens is 1. The number of hydrogen-bond acceptors (Lipinski definition) is 10. The highest BCUT2D eigenvalue weighted by Gasteiger charge is 2.29. The molecule has 4 fully saturated rings. The van der Waals surface area contributed by atoms with E-state index in [2.05, 4.69) is 42.7 Å². The van der Waals surface area contributed by atoms with E-state index in [1.54, 1.807) is 12.2 Å². The normalized spacial score (nSPS) is 32.5. The highest BCUT2D eigenvalue weighted by Crippen LogP contribution is 2.58. The van der Waals surface area contributed by atoms with Crippen LogP contribution < -0.4 is 10.6 Å². The van der Waals surface area contributed by atoms with Gasteiger partial charge in [-0.3, -0.25) is 0 Å². The predicted molar refractivity (Wildman–Crippen MR) is 191 cm³/mol. The van der Waals surface area contributed by atoms with Gasteiger partial charge in [0.15, 0.2) is 0 Å². The summed E-state index contributed by atoms with van der Waals surface area (Å²) in [5.74, 6) is 2.88. The molecule has 4 saturated carbocycles. The van der Waals surface area contributed by atoms with Crippen LogP contribution in [0.1, 0.15) is 116 Å². The number of carbonyl (C=O) groups is 2. The Morgan fingerprint density at radius 3 is 1.44 bits per heavy atom. The maximum atomic E-state index is 12.4. The van der Waals surface area contributed by atoms with Gasteiger partial charge in [-0.25, -0.2) is 29.2 Å². The van der Waals surface area contributed by atoms with Gasteiger partial charge in [-0.05, 0) is 161 Å². The van der Waals surface area contributed by atoms with Crippen LogP contribution in [0.5, 0.6) is 0 Å². The van der Waals surface area contributed by atoms with Crippen molar-refractivity contribution in [3.63, 3.8) is 0 Å². The smallest absolute Gasteiger partial charge is 0.387 e. The van der Waals surface area contributed by atoms with E-state index in [1.165, 1.54) is 12.8 Å². The first-order valence-electron chi connectivity index (χ1n) is 16.7. The van der Waals surface area contributed by atoms with Crippen molar-refractivity contribution in [1.29, 1.82) is 0 Å². The van der Waals surface area contributed by atoms with Gasteiger partial charge >= 0.3 is 18.5 Å². The third-order valence-corrected chi connectivity index (χ3v) is 17.8. The third kappa shape index (κ3) is 14.1. The fourth-order valence-electron chi connectivity index (χ4n) is 7.79. The lowest BCUT2D eigenvalue weighted by Gasteiger charge is -2.33. The zero-order valence-electron chi connectivity index (χ0n) is 26.0. The van der Waals surface area contributed by atoms with Gasteiger partial charge in [0.1, 0.15) is 0 Å². The fourth-order valence-corrected chi connectivity index (χ4v) is 11.8. The molecular weight excluding hydrogens is 745 g/mol. The minimum atomic E-state index is -0.721. The van der Waals surface area contributed by atoms with E-state index in [9.17, 15) is 19.2 Å². The molecule has 0 aromatic carbocycles. The highest BCUT2D eigenvalue weighted by atomic mass is 127. The minimum Gasteiger partial charge on any atom is -0.387 e. The molecule has 250 valence electrons. The Hall–Kier alpha value is -0.775. The molecule has 0 radical (unpaired) electrons. The summed E-state index contributed by atoms with van der Waals surface area (Å²) < 4.78 is 10.0. The van der Waals surface area contributed by atoms with Crippen LogP contribution in [0.4, 0.5) is 9.59 Å². The van der Waals surface area contributed by atoms with Gasteiger partial charge in [0.05, 0.1) is 23.7 Å². The first kappa shape index (κ1) is 37.1. The first-order chi connectivity index (χ1) is 21.9. The van der Waals surface area contributed by atoms with Crippen LogP contribution in [0.15, 0.2) is 9.98 Å². The lowest BCUT2D eigenvalue weighted by Crippen LogP contribution is -2.37. The Morgan fingerprint density at radius 2 is 1.04 bits per heavy atom. The zero-order chi connectivity index (χ0) is 31.9. The van der Waals surface area contributed by atoms with Crippen molar-refractivity contribution in [3.8, 4) is 0 Å². The SMILES string of the molecule is O=C=NC1CCC(CC2CCC(NC(=O)OSBP(I)SOC(=O)NC3CCC(CC4CCC(N=C=O)CC4)CC3)CC2)CC1. The molecule has 15 heteroatoms. The van der Waals surface area contributed by atoms with Crippen LogP contribution in [-0.4, -0.2) is 54.8 Å². The largest absolute Gasteiger partial charge is 0.419 e. The Bertz CT molecular complexity index is 1030. The molecule has 0 bridgehead atoms. The van der Waals surface area contributed by atoms with Gasteiger partial charge in [-0.1, -0.05) is 0 Å². The van der Waals surface area contributed by atoms with Crippen LogP contribution in [0, 0.1) is 23.7 Å². The monoisotopic (exact) mass is 792 g/mol. The number of aliphatic imine (C=N–C) groups is 2. The Balaban J connectivity index is 0.978. The second-order valence-electron chi connectivity index (χ2n) is 13.4. The molecule has 4 aliphatic rings. The third-order valence-electron chi connectivity index (χ3n) is 10.3. The van der Waals surface area contributed by atoms with Crippen molar-refractivity contribution in [1.82, 2.24) is 10.6 Å². The van der Waals surface area contributed by atoms with Gasteiger partial charge in [0.2, 0.25) is 12.2 Å². The lowest BCUT2D eigenvalue weighted by atomic mass is 9.76. The summed E-state index contributed by atoms with van der Waals surface area (Å²) in [6.45, 7) is 0. The molecule has 0 aliphatic heterocycles. The second kappa shape index (κ2) is 20.6. The molecule has 2 amide bonds. The number of carbonyl (C=O) groups excluding carboxylic acids is 4. The molecule has 1 atom stereocenters. The molecule has 10 nitrogen and oxygen atoms in total. The first-order valence-corrected chi connectivity index (χ1v) is 23.3. The number of nitrogens with one attached hydrogen (secondary N) is 2. The molecule has 0 spiro atoms. The molecule has 1 unspecified atom stereocenters. The molecule has 0 aromatic heterocycles. The summed E-state index contributed by atoms with van der Waals surface area (Å²) in [6.07, 6.45) is 22.7. The van der Waals surface area contributed by atoms with E-state index >= 15 is 0 Å². The number of amides is 2. The summed E-state index contributed by atoms with van der Waals surface area (Å²) in [5, 5.41) is 6.05. The molecule has 4 rings (SSSR count). The molecular formula is C30H47BIN4O6PS2. The Morgan fingerprint density at radius 1 is 0.667 bits per heavy atom. The van der Waals surface area contributed by atoms with Crippen LogP contribution in [0.25, 0.3) is 0 Å². The molecule has 45 heavy (non-hydrogen) atoms. The van der Waals surface area contributed by atoms with Crippen molar-refractivity contribution in [2.45, 2.75) is 140 Å². The average Bonchev–Trinajstić information content (AvgIpc) is 3.04. The summed E-state index contributed by atoms with van der Waals surface area (Å²) in [7, 11) is 0. The number of rotatable bonds is 13. The van der Waals surface area contributed by atoms with E-state index in [1.807, 2.05) is 0 Å². The van der Waals surface area contributed by atoms with Crippen molar-refractivity contribution < 1.29 is 27.5 Å². The van der Waals surface area contributed by atoms with Gasteiger partial charge in [-0.15, -0.1) is 0 Å².